The number of hydrogen-bond donors (Lipinski definition) is 0. The van der Waals surface area contributed by atoms with Crippen LogP contribution < -0.4 is 0 Å². The highest BCUT2D eigenvalue weighted by Crippen LogP contribution is 2.18. The maximum atomic E-state index is 4.56. The van der Waals surface area contributed by atoms with Crippen LogP contribution >= 0.6 is 0 Å². The van der Waals surface area contributed by atoms with Gasteiger partial charge in [-0.1, -0.05) is 36.4 Å². The standard InChI is InChI=1S/C24H21N7/c1-4-10-22-19(7-1)25-13-29(22)16-28(17-30-14-26-20-8-2-5-11-23(20)30)18-31-15-27-21-9-3-6-12-24(21)31/h1-15H,16-18H2. The van der Waals surface area contributed by atoms with Crippen LogP contribution in [-0.2, 0) is 20.0 Å². The lowest BCUT2D eigenvalue weighted by Gasteiger charge is -2.24. The molecule has 152 valence electrons. The summed E-state index contributed by atoms with van der Waals surface area (Å²) in [7, 11) is 0. The smallest absolute Gasteiger partial charge is 0.0969 e. The van der Waals surface area contributed by atoms with Crippen molar-refractivity contribution in [1.29, 1.82) is 0 Å². The number of fused-ring (bicyclic) bond motifs is 3. The minimum absolute atomic E-state index is 0.694. The van der Waals surface area contributed by atoms with Gasteiger partial charge in [-0.3, -0.25) is 0 Å². The molecule has 0 aliphatic carbocycles. The number of benzene rings is 3. The summed E-state index contributed by atoms with van der Waals surface area (Å²) in [5, 5.41) is 0. The Bertz CT molecular complexity index is 1310. The molecular formula is C24H21N7. The molecule has 6 aromatic rings. The number of para-hydroxylation sites is 6. The van der Waals surface area contributed by atoms with E-state index in [0.29, 0.717) is 20.0 Å². The first-order valence-electron chi connectivity index (χ1n) is 10.3. The van der Waals surface area contributed by atoms with Crippen LogP contribution in [0.4, 0.5) is 0 Å². The fourth-order valence-electron chi connectivity index (χ4n) is 4.15. The Morgan fingerprint density at radius 1 is 0.484 bits per heavy atom. The third kappa shape index (κ3) is 3.25. The molecule has 6 rings (SSSR count). The summed E-state index contributed by atoms with van der Waals surface area (Å²) in [4.78, 5) is 16.0. The van der Waals surface area contributed by atoms with E-state index >= 15 is 0 Å². The average molecular weight is 407 g/mol. The summed E-state index contributed by atoms with van der Waals surface area (Å²) < 4.78 is 6.56. The number of imidazole rings is 3. The van der Waals surface area contributed by atoms with E-state index in [1.54, 1.807) is 0 Å². The normalized spacial score (nSPS) is 11.9. The summed E-state index contributed by atoms with van der Waals surface area (Å²) in [5.74, 6) is 0. The summed E-state index contributed by atoms with van der Waals surface area (Å²) in [6.45, 7) is 2.08. The lowest BCUT2D eigenvalue weighted by atomic mass is 10.3. The Kier molecular flexibility index (Phi) is 4.25. The molecule has 0 N–H and O–H groups in total. The van der Waals surface area contributed by atoms with Gasteiger partial charge in [-0.2, -0.15) is 0 Å². The zero-order valence-corrected chi connectivity index (χ0v) is 16.9. The van der Waals surface area contributed by atoms with Crippen molar-refractivity contribution in [1.82, 2.24) is 33.6 Å². The topological polar surface area (TPSA) is 56.7 Å². The van der Waals surface area contributed by atoms with Crippen LogP contribution in [0, 0.1) is 0 Å². The molecule has 7 nitrogen and oxygen atoms in total. The number of aromatic nitrogens is 6. The summed E-state index contributed by atoms with van der Waals surface area (Å²) >= 11 is 0. The van der Waals surface area contributed by atoms with Gasteiger partial charge < -0.3 is 13.7 Å². The molecule has 0 aliphatic heterocycles. The monoisotopic (exact) mass is 407 g/mol. The molecule has 0 unspecified atom stereocenters. The third-order valence-electron chi connectivity index (χ3n) is 5.64. The Labute approximate surface area is 178 Å². The second kappa shape index (κ2) is 7.37. The Balaban J connectivity index is 1.37. The van der Waals surface area contributed by atoms with Crippen molar-refractivity contribution in [2.75, 3.05) is 0 Å². The third-order valence-corrected chi connectivity index (χ3v) is 5.64. The highest BCUT2D eigenvalue weighted by molar-refractivity contribution is 5.76. The summed E-state index contributed by atoms with van der Waals surface area (Å²) in [5.41, 5.74) is 6.38. The first-order valence-corrected chi connectivity index (χ1v) is 10.3. The van der Waals surface area contributed by atoms with Crippen molar-refractivity contribution < 1.29 is 0 Å². The molecule has 3 aromatic heterocycles. The molecule has 3 heterocycles. The van der Waals surface area contributed by atoms with Crippen LogP contribution in [0.3, 0.4) is 0 Å². The van der Waals surface area contributed by atoms with Gasteiger partial charge >= 0.3 is 0 Å². The maximum absolute atomic E-state index is 4.56. The lowest BCUT2D eigenvalue weighted by Crippen LogP contribution is -2.30. The van der Waals surface area contributed by atoms with Crippen molar-refractivity contribution in [2.24, 2.45) is 0 Å². The Morgan fingerprint density at radius 2 is 0.806 bits per heavy atom. The molecule has 0 aliphatic rings. The minimum Gasteiger partial charge on any atom is -0.317 e. The second-order valence-corrected chi connectivity index (χ2v) is 7.70. The van der Waals surface area contributed by atoms with Gasteiger partial charge in [-0.05, 0) is 36.4 Å². The SMILES string of the molecule is c1ccc2c(c1)ncn2CN(Cn1cnc2ccccc21)Cn1cnc2ccccc21. The molecule has 0 spiro atoms. The fraction of sp³-hybridized carbons (Fsp3) is 0.125. The maximum Gasteiger partial charge on any atom is 0.0969 e. The molecule has 0 atom stereocenters. The van der Waals surface area contributed by atoms with E-state index in [1.807, 2.05) is 55.4 Å². The first-order chi connectivity index (χ1) is 15.3. The van der Waals surface area contributed by atoms with Crippen LogP contribution in [0.5, 0.6) is 0 Å². The lowest BCUT2D eigenvalue weighted by molar-refractivity contribution is 0.133. The zero-order chi connectivity index (χ0) is 20.6. The molecule has 0 amide bonds. The molecule has 3 aromatic carbocycles. The summed E-state index contributed by atoms with van der Waals surface area (Å²) in [6, 6.07) is 24.7. The van der Waals surface area contributed by atoms with E-state index in [4.69, 9.17) is 0 Å². The van der Waals surface area contributed by atoms with Gasteiger partial charge in [-0.25, -0.2) is 19.9 Å². The molecule has 0 bridgehead atoms. The zero-order valence-electron chi connectivity index (χ0n) is 16.9. The summed E-state index contributed by atoms with van der Waals surface area (Å²) in [6.07, 6.45) is 5.74. The van der Waals surface area contributed by atoms with Crippen LogP contribution in [0.1, 0.15) is 0 Å². The van der Waals surface area contributed by atoms with E-state index in [1.165, 1.54) is 0 Å². The van der Waals surface area contributed by atoms with Crippen molar-refractivity contribution >= 4 is 33.1 Å². The van der Waals surface area contributed by atoms with Gasteiger partial charge in [0.15, 0.2) is 0 Å². The molecule has 0 fully saturated rings. The second-order valence-electron chi connectivity index (χ2n) is 7.70. The van der Waals surface area contributed by atoms with Gasteiger partial charge in [0, 0.05) is 0 Å². The van der Waals surface area contributed by atoms with Gasteiger partial charge in [0.05, 0.1) is 72.1 Å². The molecule has 0 saturated heterocycles. The van der Waals surface area contributed by atoms with Crippen molar-refractivity contribution in [3.05, 3.63) is 91.8 Å². The van der Waals surface area contributed by atoms with Crippen molar-refractivity contribution in [3.8, 4) is 0 Å². The minimum atomic E-state index is 0.694. The molecule has 31 heavy (non-hydrogen) atoms. The Morgan fingerprint density at radius 3 is 1.16 bits per heavy atom. The molecule has 0 radical (unpaired) electrons. The largest absolute Gasteiger partial charge is 0.317 e. The number of nitrogens with zero attached hydrogens (tertiary/aromatic N) is 7. The van der Waals surface area contributed by atoms with Crippen LogP contribution in [0.25, 0.3) is 33.1 Å². The van der Waals surface area contributed by atoms with Crippen LogP contribution in [0.15, 0.2) is 91.8 Å². The fourth-order valence-corrected chi connectivity index (χ4v) is 4.15. The van der Waals surface area contributed by atoms with Gasteiger partial charge in [0.1, 0.15) is 0 Å². The van der Waals surface area contributed by atoms with E-state index < -0.39 is 0 Å². The Hall–Kier alpha value is -3.97. The highest BCUT2D eigenvalue weighted by Gasteiger charge is 2.13. The molecule has 0 saturated carbocycles. The number of hydrogen-bond acceptors (Lipinski definition) is 4. The average Bonchev–Trinajstić information content (AvgIpc) is 3.52. The van der Waals surface area contributed by atoms with E-state index in [2.05, 4.69) is 70.0 Å². The van der Waals surface area contributed by atoms with Crippen molar-refractivity contribution in [2.45, 2.75) is 20.0 Å². The quantitative estimate of drug-likeness (QED) is 0.413. The van der Waals surface area contributed by atoms with E-state index in [0.717, 1.165) is 33.1 Å². The van der Waals surface area contributed by atoms with Crippen LogP contribution in [0.2, 0.25) is 0 Å². The predicted molar refractivity (Wildman–Crippen MR) is 121 cm³/mol. The van der Waals surface area contributed by atoms with Gasteiger partial charge in [-0.15, -0.1) is 0 Å². The van der Waals surface area contributed by atoms with Crippen molar-refractivity contribution in [3.63, 3.8) is 0 Å². The van der Waals surface area contributed by atoms with Gasteiger partial charge in [0.25, 0.3) is 0 Å². The predicted octanol–water partition coefficient (Wildman–Crippen LogP) is 4.31. The first kappa shape index (κ1) is 17.9. The molecule has 7 heteroatoms. The van der Waals surface area contributed by atoms with Gasteiger partial charge in [0.2, 0.25) is 0 Å². The highest BCUT2D eigenvalue weighted by atomic mass is 15.4. The number of rotatable bonds is 6. The van der Waals surface area contributed by atoms with E-state index in [-0.39, 0.29) is 0 Å². The van der Waals surface area contributed by atoms with E-state index in [9.17, 15) is 0 Å². The van der Waals surface area contributed by atoms with Crippen LogP contribution in [-0.4, -0.2) is 33.6 Å². The molecular weight excluding hydrogens is 386 g/mol.